The maximum Gasteiger partial charge on any atom is 0.123 e. The van der Waals surface area contributed by atoms with Gasteiger partial charge in [0.15, 0.2) is 0 Å². The van der Waals surface area contributed by atoms with E-state index in [4.69, 9.17) is 22.7 Å². The number of anilines is 1. The number of nitrogens with one attached hydrogen (secondary N) is 1. The van der Waals surface area contributed by atoms with E-state index in [-0.39, 0.29) is 6.10 Å². The van der Waals surface area contributed by atoms with Gasteiger partial charge in [0.05, 0.1) is 6.54 Å². The van der Waals surface area contributed by atoms with Crippen LogP contribution in [0, 0.1) is 0 Å². The first-order valence-corrected chi connectivity index (χ1v) is 7.91. The number of benzene rings is 2. The molecule has 0 aromatic heterocycles. The molecule has 1 atom stereocenters. The number of hydrogen-bond donors (Lipinski definition) is 2. The number of rotatable bonds is 4. The zero-order chi connectivity index (χ0) is 14.8. The fourth-order valence-corrected chi connectivity index (χ4v) is 3.01. The van der Waals surface area contributed by atoms with E-state index >= 15 is 0 Å². The minimum absolute atomic E-state index is 0.126. The monoisotopic (exact) mass is 362 g/mol. The lowest BCUT2D eigenvalue weighted by Gasteiger charge is -2.15. The second kappa shape index (κ2) is 6.03. The molecule has 0 bridgehead atoms. The number of hydrogen-bond acceptors (Lipinski definition) is 3. The van der Waals surface area contributed by atoms with Crippen molar-refractivity contribution in [3.8, 4) is 5.75 Å². The Morgan fingerprint density at radius 2 is 2.14 bits per heavy atom. The zero-order valence-corrected chi connectivity index (χ0v) is 13.7. The van der Waals surface area contributed by atoms with Gasteiger partial charge in [0.25, 0.3) is 0 Å². The number of nitrogens with two attached hydrogens (primary N) is 1. The van der Waals surface area contributed by atoms with E-state index < -0.39 is 0 Å². The molecule has 0 saturated carbocycles. The van der Waals surface area contributed by atoms with Gasteiger partial charge in [0.2, 0.25) is 0 Å². The number of thiocarbonyl (C=S) groups is 1. The summed E-state index contributed by atoms with van der Waals surface area (Å²) in [6.07, 6.45) is 1.04. The molecule has 5 heteroatoms. The van der Waals surface area contributed by atoms with Gasteiger partial charge in [-0.05, 0) is 29.8 Å². The Balaban J connectivity index is 1.69. The van der Waals surface area contributed by atoms with Crippen LogP contribution in [0.5, 0.6) is 5.75 Å². The van der Waals surface area contributed by atoms with Crippen molar-refractivity contribution in [1.82, 2.24) is 0 Å². The Bertz CT molecular complexity index is 665. The van der Waals surface area contributed by atoms with E-state index in [1.165, 1.54) is 5.56 Å². The van der Waals surface area contributed by atoms with Crippen molar-refractivity contribution < 1.29 is 4.74 Å². The van der Waals surface area contributed by atoms with Crippen LogP contribution < -0.4 is 15.8 Å². The summed E-state index contributed by atoms with van der Waals surface area (Å²) >= 11 is 8.56. The van der Waals surface area contributed by atoms with Crippen LogP contribution in [0.3, 0.4) is 0 Å². The van der Waals surface area contributed by atoms with Gasteiger partial charge in [-0.25, -0.2) is 0 Å². The Kier molecular flexibility index (Phi) is 4.12. The van der Waals surface area contributed by atoms with Gasteiger partial charge < -0.3 is 15.8 Å². The summed E-state index contributed by atoms with van der Waals surface area (Å²) in [7, 11) is 0. The maximum absolute atomic E-state index is 5.92. The van der Waals surface area contributed by atoms with E-state index in [0.717, 1.165) is 27.9 Å². The molecule has 0 amide bonds. The van der Waals surface area contributed by atoms with Crippen molar-refractivity contribution in [2.75, 3.05) is 11.9 Å². The van der Waals surface area contributed by atoms with E-state index in [1.54, 1.807) is 0 Å². The van der Waals surface area contributed by atoms with Crippen molar-refractivity contribution in [3.63, 3.8) is 0 Å². The Hall–Kier alpha value is -1.59. The molecule has 0 aliphatic carbocycles. The van der Waals surface area contributed by atoms with Crippen molar-refractivity contribution in [2.45, 2.75) is 12.5 Å². The first kappa shape index (κ1) is 14.4. The fraction of sp³-hybridized carbons (Fsp3) is 0.188. The molecule has 21 heavy (non-hydrogen) atoms. The van der Waals surface area contributed by atoms with Crippen LogP contribution in [-0.4, -0.2) is 17.6 Å². The molecule has 2 aromatic rings. The highest BCUT2D eigenvalue weighted by Gasteiger charge is 2.22. The highest BCUT2D eigenvalue weighted by Crippen LogP contribution is 2.29. The van der Waals surface area contributed by atoms with Gasteiger partial charge in [-0.1, -0.05) is 46.3 Å². The summed E-state index contributed by atoms with van der Waals surface area (Å²) in [6, 6.07) is 14.0. The Morgan fingerprint density at radius 1 is 1.33 bits per heavy atom. The molecule has 1 heterocycles. The first-order chi connectivity index (χ1) is 10.1. The fourth-order valence-electron chi connectivity index (χ4n) is 2.47. The van der Waals surface area contributed by atoms with Crippen molar-refractivity contribution >= 4 is 38.8 Å². The third-order valence-corrected chi connectivity index (χ3v) is 4.19. The van der Waals surface area contributed by atoms with Gasteiger partial charge >= 0.3 is 0 Å². The normalized spacial score (nSPS) is 16.1. The van der Waals surface area contributed by atoms with Crippen molar-refractivity contribution in [1.29, 1.82) is 0 Å². The average molecular weight is 363 g/mol. The molecule has 1 aliphatic heterocycles. The molecule has 0 spiro atoms. The van der Waals surface area contributed by atoms with Crippen LogP contribution in [0.4, 0.5) is 5.69 Å². The van der Waals surface area contributed by atoms with E-state index in [9.17, 15) is 0 Å². The van der Waals surface area contributed by atoms with Crippen LogP contribution in [0.2, 0.25) is 0 Å². The number of halogens is 1. The smallest absolute Gasteiger partial charge is 0.123 e. The molecule has 1 unspecified atom stereocenters. The predicted molar refractivity (Wildman–Crippen MR) is 93.1 cm³/mol. The van der Waals surface area contributed by atoms with E-state index in [2.05, 4.69) is 27.3 Å². The van der Waals surface area contributed by atoms with Gasteiger partial charge in [0, 0.05) is 22.1 Å². The van der Waals surface area contributed by atoms with Gasteiger partial charge in [0.1, 0.15) is 16.8 Å². The van der Waals surface area contributed by atoms with E-state index in [0.29, 0.717) is 11.5 Å². The predicted octanol–water partition coefficient (Wildman–Crippen LogP) is 3.50. The third-order valence-electron chi connectivity index (χ3n) is 3.48. The van der Waals surface area contributed by atoms with E-state index in [1.807, 2.05) is 36.4 Å². The molecule has 0 fully saturated rings. The van der Waals surface area contributed by atoms with Crippen LogP contribution in [0.25, 0.3) is 0 Å². The summed E-state index contributed by atoms with van der Waals surface area (Å²) in [5, 5.41) is 3.39. The molecular weight excluding hydrogens is 348 g/mol. The quantitative estimate of drug-likeness (QED) is 0.817. The highest BCUT2D eigenvalue weighted by atomic mass is 79.9. The minimum Gasteiger partial charge on any atom is -0.488 e. The topological polar surface area (TPSA) is 47.3 Å². The van der Waals surface area contributed by atoms with Gasteiger partial charge in [-0.2, -0.15) is 0 Å². The number of ether oxygens (including phenoxy) is 1. The molecule has 1 aliphatic rings. The molecule has 2 aromatic carbocycles. The van der Waals surface area contributed by atoms with Crippen molar-refractivity contribution in [3.05, 3.63) is 58.1 Å². The minimum atomic E-state index is 0.126. The SMILES string of the molecule is NC(=S)c1ccc(Br)cc1NCC1Cc2ccccc2O1. The molecule has 3 rings (SSSR count). The van der Waals surface area contributed by atoms with Crippen LogP contribution in [0.1, 0.15) is 11.1 Å². The average Bonchev–Trinajstić information content (AvgIpc) is 2.87. The second-order valence-corrected chi connectivity index (χ2v) is 6.34. The largest absolute Gasteiger partial charge is 0.488 e. The number of para-hydroxylation sites is 1. The zero-order valence-electron chi connectivity index (χ0n) is 11.3. The second-order valence-electron chi connectivity index (χ2n) is 4.99. The van der Waals surface area contributed by atoms with Crippen LogP contribution in [0.15, 0.2) is 46.9 Å². The number of fused-ring (bicyclic) bond motifs is 1. The molecule has 108 valence electrons. The summed E-state index contributed by atoms with van der Waals surface area (Å²) in [5.41, 5.74) is 8.80. The first-order valence-electron chi connectivity index (χ1n) is 6.71. The lowest BCUT2D eigenvalue weighted by Crippen LogP contribution is -2.25. The lowest BCUT2D eigenvalue weighted by atomic mass is 10.1. The molecule has 3 nitrogen and oxygen atoms in total. The Labute approximate surface area is 137 Å². The molecular formula is C16H15BrN2OS. The maximum atomic E-state index is 5.92. The summed E-state index contributed by atoms with van der Waals surface area (Å²) < 4.78 is 6.91. The van der Waals surface area contributed by atoms with Crippen molar-refractivity contribution in [2.24, 2.45) is 5.73 Å². The molecule has 0 radical (unpaired) electrons. The molecule has 3 N–H and O–H groups in total. The molecule has 0 saturated heterocycles. The highest BCUT2D eigenvalue weighted by molar-refractivity contribution is 9.10. The third kappa shape index (κ3) is 3.19. The standard InChI is InChI=1S/C16H15BrN2OS/c17-11-5-6-13(16(18)21)14(8-11)19-9-12-7-10-3-1-2-4-15(10)20-12/h1-6,8,12,19H,7,9H2,(H2,18,21). The lowest BCUT2D eigenvalue weighted by molar-refractivity contribution is 0.246. The van der Waals surface area contributed by atoms with Gasteiger partial charge in [-0.3, -0.25) is 0 Å². The Morgan fingerprint density at radius 3 is 2.90 bits per heavy atom. The van der Waals surface area contributed by atoms with Crippen LogP contribution >= 0.6 is 28.1 Å². The van der Waals surface area contributed by atoms with Crippen LogP contribution in [-0.2, 0) is 6.42 Å². The summed E-state index contributed by atoms with van der Waals surface area (Å²) in [5.74, 6) is 0.980. The van der Waals surface area contributed by atoms with Gasteiger partial charge in [-0.15, -0.1) is 0 Å². The summed E-state index contributed by atoms with van der Waals surface area (Å²) in [4.78, 5) is 0.389. The summed E-state index contributed by atoms with van der Waals surface area (Å²) in [6.45, 7) is 0.709.